The van der Waals surface area contributed by atoms with E-state index in [1.165, 1.54) is 21.9 Å². The number of rotatable bonds is 2. The number of pyridine rings is 1. The summed E-state index contributed by atoms with van der Waals surface area (Å²) in [5.74, 6) is 0. The lowest BCUT2D eigenvalue weighted by atomic mass is 10.00. The number of aromatic nitrogens is 1. The third kappa shape index (κ3) is 1.97. The largest absolute Gasteiger partial charge is 0.256 e. The van der Waals surface area contributed by atoms with Crippen LogP contribution in [0.3, 0.4) is 0 Å². The van der Waals surface area contributed by atoms with Gasteiger partial charge < -0.3 is 0 Å². The van der Waals surface area contributed by atoms with Gasteiger partial charge in [-0.2, -0.15) is 0 Å². The van der Waals surface area contributed by atoms with E-state index in [0.717, 1.165) is 25.0 Å². The van der Waals surface area contributed by atoms with Crippen LogP contribution in [0.2, 0.25) is 0 Å². The average molecular weight is 235 g/mol. The molecule has 0 amide bonds. The molecule has 0 unspecified atom stereocenters. The highest BCUT2D eigenvalue weighted by atomic mass is 14.7. The standard InChI is InChI=1S/C17H17N/c1-2-13-9-6-10-15-11-17(18-12-16(13)15)14-7-4-3-5-8-14/h4,6-12H,2-3,5H2,1H3. The maximum atomic E-state index is 4.62. The number of benzene rings is 1. The zero-order valence-corrected chi connectivity index (χ0v) is 10.7. The van der Waals surface area contributed by atoms with E-state index in [4.69, 9.17) is 0 Å². The highest BCUT2D eigenvalue weighted by Crippen LogP contribution is 2.24. The van der Waals surface area contributed by atoms with Crippen molar-refractivity contribution >= 4 is 16.3 Å². The Balaban J connectivity index is 2.12. The van der Waals surface area contributed by atoms with Crippen molar-refractivity contribution in [2.24, 2.45) is 0 Å². The second-order valence-corrected chi connectivity index (χ2v) is 4.70. The van der Waals surface area contributed by atoms with Crippen molar-refractivity contribution in [3.63, 3.8) is 0 Å². The molecule has 1 aliphatic rings. The Morgan fingerprint density at radius 1 is 1.22 bits per heavy atom. The van der Waals surface area contributed by atoms with Crippen LogP contribution in [0, 0.1) is 0 Å². The SMILES string of the molecule is CCc1cccc2cc(C3=CCCC=C3)ncc12. The van der Waals surface area contributed by atoms with Gasteiger partial charge in [-0.05, 0) is 41.9 Å². The van der Waals surface area contributed by atoms with Gasteiger partial charge in [-0.1, -0.05) is 43.4 Å². The Labute approximate surface area is 108 Å². The van der Waals surface area contributed by atoms with Crippen molar-refractivity contribution in [1.82, 2.24) is 4.98 Å². The molecule has 1 nitrogen and oxygen atoms in total. The molecule has 0 N–H and O–H groups in total. The fourth-order valence-corrected chi connectivity index (χ4v) is 2.50. The molecule has 1 heterocycles. The lowest BCUT2D eigenvalue weighted by Gasteiger charge is -2.09. The van der Waals surface area contributed by atoms with E-state index in [9.17, 15) is 0 Å². The molecule has 0 atom stereocenters. The van der Waals surface area contributed by atoms with Gasteiger partial charge in [0, 0.05) is 11.6 Å². The van der Waals surface area contributed by atoms with Crippen LogP contribution in [0.4, 0.5) is 0 Å². The number of hydrogen-bond donors (Lipinski definition) is 0. The quantitative estimate of drug-likeness (QED) is 0.745. The summed E-state index contributed by atoms with van der Waals surface area (Å²) in [5.41, 5.74) is 3.72. The first-order valence-corrected chi connectivity index (χ1v) is 6.63. The molecule has 0 spiro atoms. The molecule has 0 saturated carbocycles. The molecule has 2 aromatic rings. The zero-order valence-electron chi connectivity index (χ0n) is 10.7. The van der Waals surface area contributed by atoms with Crippen molar-refractivity contribution in [3.8, 4) is 0 Å². The number of aryl methyl sites for hydroxylation is 1. The number of nitrogens with zero attached hydrogens (tertiary/aromatic N) is 1. The molecule has 0 radical (unpaired) electrons. The Morgan fingerprint density at radius 3 is 2.94 bits per heavy atom. The Kier molecular flexibility index (Phi) is 2.97. The fourth-order valence-electron chi connectivity index (χ4n) is 2.50. The predicted octanol–water partition coefficient (Wildman–Crippen LogP) is 4.53. The lowest BCUT2D eigenvalue weighted by Crippen LogP contribution is -1.92. The van der Waals surface area contributed by atoms with E-state index in [1.807, 2.05) is 6.20 Å². The van der Waals surface area contributed by atoms with Crippen molar-refractivity contribution in [3.05, 3.63) is 59.9 Å². The van der Waals surface area contributed by atoms with Gasteiger partial charge >= 0.3 is 0 Å². The third-order valence-electron chi connectivity index (χ3n) is 3.53. The van der Waals surface area contributed by atoms with Crippen molar-refractivity contribution in [2.75, 3.05) is 0 Å². The van der Waals surface area contributed by atoms with Gasteiger partial charge in [0.05, 0.1) is 5.69 Å². The minimum absolute atomic E-state index is 1.06. The number of hydrogen-bond acceptors (Lipinski definition) is 1. The Hall–Kier alpha value is -1.89. The van der Waals surface area contributed by atoms with Crippen LogP contribution in [0.1, 0.15) is 31.0 Å². The maximum Gasteiger partial charge on any atom is 0.0705 e. The molecule has 18 heavy (non-hydrogen) atoms. The molecular weight excluding hydrogens is 218 g/mol. The van der Waals surface area contributed by atoms with E-state index >= 15 is 0 Å². The summed E-state index contributed by atoms with van der Waals surface area (Å²) >= 11 is 0. The predicted molar refractivity (Wildman–Crippen MR) is 77.5 cm³/mol. The van der Waals surface area contributed by atoms with Gasteiger partial charge in [-0.15, -0.1) is 0 Å². The van der Waals surface area contributed by atoms with Crippen molar-refractivity contribution in [2.45, 2.75) is 26.2 Å². The van der Waals surface area contributed by atoms with Crippen LogP contribution in [-0.2, 0) is 6.42 Å². The summed E-state index contributed by atoms with van der Waals surface area (Å²) in [5, 5.41) is 2.57. The smallest absolute Gasteiger partial charge is 0.0705 e. The normalized spacial score (nSPS) is 14.8. The fraction of sp³-hybridized carbons (Fsp3) is 0.235. The summed E-state index contributed by atoms with van der Waals surface area (Å²) in [6, 6.07) is 8.70. The van der Waals surface area contributed by atoms with Crippen molar-refractivity contribution in [1.29, 1.82) is 0 Å². The first-order valence-electron chi connectivity index (χ1n) is 6.63. The Morgan fingerprint density at radius 2 is 2.17 bits per heavy atom. The minimum atomic E-state index is 1.06. The zero-order chi connectivity index (χ0) is 12.4. The summed E-state index contributed by atoms with van der Waals surface area (Å²) < 4.78 is 0. The molecule has 0 bridgehead atoms. The lowest BCUT2D eigenvalue weighted by molar-refractivity contribution is 1.04. The molecule has 0 fully saturated rings. The molecule has 0 saturated heterocycles. The summed E-state index contributed by atoms with van der Waals surface area (Å²) in [7, 11) is 0. The monoisotopic (exact) mass is 235 g/mol. The third-order valence-corrected chi connectivity index (χ3v) is 3.53. The second-order valence-electron chi connectivity index (χ2n) is 4.70. The molecule has 1 aromatic heterocycles. The van der Waals surface area contributed by atoms with Gasteiger partial charge in [0.1, 0.15) is 0 Å². The van der Waals surface area contributed by atoms with Crippen LogP contribution < -0.4 is 0 Å². The molecule has 1 aromatic carbocycles. The van der Waals surface area contributed by atoms with Gasteiger partial charge in [-0.25, -0.2) is 0 Å². The van der Waals surface area contributed by atoms with Gasteiger partial charge in [0.2, 0.25) is 0 Å². The van der Waals surface area contributed by atoms with E-state index in [0.29, 0.717) is 0 Å². The highest BCUT2D eigenvalue weighted by molar-refractivity contribution is 5.88. The van der Waals surface area contributed by atoms with E-state index in [1.54, 1.807) is 0 Å². The molecule has 1 aliphatic carbocycles. The maximum absolute atomic E-state index is 4.62. The van der Waals surface area contributed by atoms with Crippen molar-refractivity contribution < 1.29 is 0 Å². The summed E-state index contributed by atoms with van der Waals surface area (Å²) in [6.07, 6.45) is 12.0. The highest BCUT2D eigenvalue weighted by Gasteiger charge is 2.05. The van der Waals surface area contributed by atoms with Gasteiger partial charge in [-0.3, -0.25) is 4.98 Å². The topological polar surface area (TPSA) is 12.9 Å². The van der Waals surface area contributed by atoms with Gasteiger partial charge in [0.15, 0.2) is 0 Å². The minimum Gasteiger partial charge on any atom is -0.256 e. The van der Waals surface area contributed by atoms with Crippen LogP contribution in [0.15, 0.2) is 48.7 Å². The van der Waals surface area contributed by atoms with Crippen LogP contribution in [-0.4, -0.2) is 4.98 Å². The molecular formula is C17H17N. The second kappa shape index (κ2) is 4.77. The molecule has 90 valence electrons. The van der Waals surface area contributed by atoms with E-state index in [2.05, 4.69) is 54.4 Å². The van der Waals surface area contributed by atoms with E-state index < -0.39 is 0 Å². The molecule has 1 heteroatoms. The number of allylic oxidation sites excluding steroid dienone is 4. The summed E-state index contributed by atoms with van der Waals surface area (Å²) in [4.78, 5) is 4.62. The van der Waals surface area contributed by atoms with E-state index in [-0.39, 0.29) is 0 Å². The summed E-state index contributed by atoms with van der Waals surface area (Å²) in [6.45, 7) is 2.19. The number of fused-ring (bicyclic) bond motifs is 1. The first-order chi connectivity index (χ1) is 8.88. The molecule has 3 rings (SSSR count). The Bertz CT molecular complexity index is 635. The molecule has 0 aliphatic heterocycles. The van der Waals surface area contributed by atoms with Crippen LogP contribution in [0.25, 0.3) is 16.3 Å². The van der Waals surface area contributed by atoms with Crippen LogP contribution in [0.5, 0.6) is 0 Å². The van der Waals surface area contributed by atoms with Gasteiger partial charge in [0.25, 0.3) is 0 Å². The first kappa shape index (κ1) is 11.2. The van der Waals surface area contributed by atoms with Crippen LogP contribution >= 0.6 is 0 Å². The average Bonchev–Trinajstić information content (AvgIpc) is 2.47.